The number of methoxy groups -OCH3 is 2. The van der Waals surface area contributed by atoms with E-state index in [2.05, 4.69) is 6.92 Å². The molecule has 4 rings (SSSR count). The van der Waals surface area contributed by atoms with E-state index in [9.17, 15) is 4.79 Å². The first kappa shape index (κ1) is 24.0. The Kier molecular flexibility index (Phi) is 8.00. The Labute approximate surface area is 205 Å². The molecule has 0 saturated carbocycles. The molecule has 3 aromatic rings. The second kappa shape index (κ2) is 11.3. The minimum Gasteiger partial charge on any atom is -0.497 e. The maximum atomic E-state index is 12.9. The highest BCUT2D eigenvalue weighted by atomic mass is 32.2. The number of ether oxygens (including phenoxy) is 3. The molecule has 0 bridgehead atoms. The number of carbonyl (C=O) groups excluding carboxylic acids is 1. The van der Waals surface area contributed by atoms with Crippen molar-refractivity contribution in [2.45, 2.75) is 26.2 Å². The van der Waals surface area contributed by atoms with Gasteiger partial charge in [-0.25, -0.2) is 4.68 Å². The summed E-state index contributed by atoms with van der Waals surface area (Å²) in [6.45, 7) is 3.72. The van der Waals surface area contributed by atoms with Crippen LogP contribution >= 0.6 is 11.8 Å². The third-order valence-electron chi connectivity index (χ3n) is 5.88. The number of hydrogen-bond acceptors (Lipinski definition) is 6. The van der Waals surface area contributed by atoms with Gasteiger partial charge in [0.1, 0.15) is 17.2 Å². The molecule has 7 nitrogen and oxygen atoms in total. The highest BCUT2D eigenvalue weighted by Crippen LogP contribution is 2.34. The smallest absolute Gasteiger partial charge is 0.226 e. The molecule has 180 valence electrons. The number of rotatable bonds is 9. The molecule has 1 aliphatic rings. The lowest BCUT2D eigenvalue weighted by Gasteiger charge is -2.26. The van der Waals surface area contributed by atoms with E-state index >= 15 is 0 Å². The van der Waals surface area contributed by atoms with Gasteiger partial charge in [0.05, 0.1) is 25.6 Å². The van der Waals surface area contributed by atoms with Crippen molar-refractivity contribution < 1.29 is 19.0 Å². The van der Waals surface area contributed by atoms with Crippen LogP contribution in [0.25, 0.3) is 5.69 Å². The van der Waals surface area contributed by atoms with Crippen LogP contribution in [0.1, 0.15) is 24.6 Å². The van der Waals surface area contributed by atoms with Crippen LogP contribution in [0.3, 0.4) is 0 Å². The average Bonchev–Trinajstić information content (AvgIpc) is 3.24. The van der Waals surface area contributed by atoms with Gasteiger partial charge in [0.2, 0.25) is 11.8 Å². The summed E-state index contributed by atoms with van der Waals surface area (Å²) in [7, 11) is 3.28. The van der Waals surface area contributed by atoms with Crippen molar-refractivity contribution in [2.75, 3.05) is 38.8 Å². The number of nitrogens with zero attached hydrogens (tertiary/aromatic N) is 3. The maximum absolute atomic E-state index is 12.9. The van der Waals surface area contributed by atoms with Crippen LogP contribution in [0, 0.1) is 0 Å². The number of aromatic nitrogens is 2. The second-order valence-electron chi connectivity index (χ2n) is 7.97. The molecule has 34 heavy (non-hydrogen) atoms. The van der Waals surface area contributed by atoms with Gasteiger partial charge < -0.3 is 19.1 Å². The molecule has 1 fully saturated rings. The minimum absolute atomic E-state index is 0.187. The summed E-state index contributed by atoms with van der Waals surface area (Å²) < 4.78 is 18.9. The molecule has 0 atom stereocenters. The van der Waals surface area contributed by atoms with Crippen LogP contribution in [-0.2, 0) is 17.6 Å². The van der Waals surface area contributed by atoms with E-state index < -0.39 is 0 Å². The number of hydrogen-bond donors (Lipinski definition) is 0. The molecule has 1 saturated heterocycles. The van der Waals surface area contributed by atoms with E-state index in [4.69, 9.17) is 19.3 Å². The molecule has 1 amide bonds. The molecule has 0 spiro atoms. The van der Waals surface area contributed by atoms with Crippen molar-refractivity contribution >= 4 is 17.7 Å². The van der Waals surface area contributed by atoms with Gasteiger partial charge in [0, 0.05) is 42.6 Å². The molecule has 2 heterocycles. The largest absolute Gasteiger partial charge is 0.497 e. The first-order valence-electron chi connectivity index (χ1n) is 11.6. The monoisotopic (exact) mass is 481 g/mol. The standard InChI is InChI=1S/C26H31N3O4S/c1-4-24-23(12-13-25(30)28-14-16-34-17-15-28)26(33-22-7-5-6-21(18-22)32-3)29(27-24)19-8-10-20(31-2)11-9-19/h5-11,18H,4,12-17H2,1-3H3. The molecule has 0 aliphatic carbocycles. The van der Waals surface area contributed by atoms with Gasteiger partial charge in [-0.05, 0) is 49.2 Å². The highest BCUT2D eigenvalue weighted by Gasteiger charge is 2.23. The molecular formula is C26H31N3O4S. The van der Waals surface area contributed by atoms with E-state index in [0.717, 1.165) is 53.7 Å². The Bertz CT molecular complexity index is 1110. The quantitative estimate of drug-likeness (QED) is 0.439. The van der Waals surface area contributed by atoms with Crippen molar-refractivity contribution in [3.8, 4) is 28.8 Å². The van der Waals surface area contributed by atoms with Crippen LogP contribution in [0.2, 0.25) is 0 Å². The fourth-order valence-corrected chi connectivity index (χ4v) is 4.90. The predicted octanol–water partition coefficient (Wildman–Crippen LogP) is 4.75. The summed E-state index contributed by atoms with van der Waals surface area (Å²) in [5, 5.41) is 4.87. The van der Waals surface area contributed by atoms with Crippen LogP contribution < -0.4 is 14.2 Å². The average molecular weight is 482 g/mol. The summed E-state index contributed by atoms with van der Waals surface area (Å²) in [5.41, 5.74) is 2.75. The first-order chi connectivity index (χ1) is 16.6. The van der Waals surface area contributed by atoms with Gasteiger partial charge >= 0.3 is 0 Å². The van der Waals surface area contributed by atoms with E-state index in [1.165, 1.54) is 0 Å². The van der Waals surface area contributed by atoms with Crippen LogP contribution in [-0.4, -0.2) is 59.4 Å². The normalized spacial score (nSPS) is 13.6. The summed E-state index contributed by atoms with van der Waals surface area (Å²) in [6.07, 6.45) is 1.74. The van der Waals surface area contributed by atoms with E-state index in [0.29, 0.717) is 30.2 Å². The lowest BCUT2D eigenvalue weighted by atomic mass is 10.1. The van der Waals surface area contributed by atoms with Gasteiger partial charge in [-0.3, -0.25) is 4.79 Å². The summed E-state index contributed by atoms with van der Waals surface area (Å²) >= 11 is 1.90. The number of carbonyl (C=O) groups is 1. The molecule has 0 N–H and O–H groups in total. The van der Waals surface area contributed by atoms with Gasteiger partial charge in [0.25, 0.3) is 0 Å². The Morgan fingerprint density at radius 2 is 1.71 bits per heavy atom. The maximum Gasteiger partial charge on any atom is 0.226 e. The number of amides is 1. The van der Waals surface area contributed by atoms with Gasteiger partial charge in [0.15, 0.2) is 0 Å². The highest BCUT2D eigenvalue weighted by molar-refractivity contribution is 7.99. The molecule has 8 heteroatoms. The lowest BCUT2D eigenvalue weighted by Crippen LogP contribution is -2.38. The van der Waals surface area contributed by atoms with Crippen molar-refractivity contribution in [3.63, 3.8) is 0 Å². The van der Waals surface area contributed by atoms with Gasteiger partial charge in [-0.15, -0.1) is 0 Å². The molecular weight excluding hydrogens is 450 g/mol. The molecule has 2 aromatic carbocycles. The first-order valence-corrected chi connectivity index (χ1v) is 12.7. The lowest BCUT2D eigenvalue weighted by molar-refractivity contribution is -0.130. The Morgan fingerprint density at radius 3 is 2.38 bits per heavy atom. The van der Waals surface area contributed by atoms with Gasteiger partial charge in [-0.1, -0.05) is 13.0 Å². The summed E-state index contributed by atoms with van der Waals surface area (Å²) in [6, 6.07) is 15.2. The minimum atomic E-state index is 0.187. The number of benzene rings is 2. The topological polar surface area (TPSA) is 65.8 Å². The van der Waals surface area contributed by atoms with Crippen molar-refractivity contribution in [1.82, 2.24) is 14.7 Å². The number of aryl methyl sites for hydroxylation is 1. The second-order valence-corrected chi connectivity index (χ2v) is 9.19. The van der Waals surface area contributed by atoms with Crippen molar-refractivity contribution in [2.24, 2.45) is 0 Å². The van der Waals surface area contributed by atoms with Crippen LogP contribution in [0.5, 0.6) is 23.1 Å². The molecule has 0 radical (unpaired) electrons. The fraction of sp³-hybridized carbons (Fsp3) is 0.385. The summed E-state index contributed by atoms with van der Waals surface area (Å²) in [4.78, 5) is 14.9. The van der Waals surface area contributed by atoms with E-state index in [-0.39, 0.29) is 5.91 Å². The zero-order valence-electron chi connectivity index (χ0n) is 20.0. The SMILES string of the molecule is CCc1nn(-c2ccc(OC)cc2)c(Oc2cccc(OC)c2)c1CCC(=O)N1CCSCC1. The van der Waals surface area contributed by atoms with Crippen molar-refractivity contribution in [3.05, 3.63) is 59.8 Å². The third kappa shape index (κ3) is 5.50. The molecule has 1 aliphatic heterocycles. The zero-order valence-corrected chi connectivity index (χ0v) is 20.8. The molecule has 1 aromatic heterocycles. The third-order valence-corrected chi connectivity index (χ3v) is 6.82. The van der Waals surface area contributed by atoms with E-state index in [1.54, 1.807) is 14.2 Å². The Balaban J connectivity index is 1.68. The Morgan fingerprint density at radius 1 is 1.00 bits per heavy atom. The van der Waals surface area contributed by atoms with E-state index in [1.807, 2.05) is 69.9 Å². The molecule has 0 unspecified atom stereocenters. The Hall–Kier alpha value is -3.13. The summed E-state index contributed by atoms with van der Waals surface area (Å²) in [5.74, 6) is 4.95. The number of thioether (sulfide) groups is 1. The van der Waals surface area contributed by atoms with Gasteiger partial charge in [-0.2, -0.15) is 16.9 Å². The zero-order chi connectivity index (χ0) is 23.9. The predicted molar refractivity (Wildman–Crippen MR) is 135 cm³/mol. The fourth-order valence-electron chi connectivity index (χ4n) is 4.00. The van der Waals surface area contributed by atoms with Crippen LogP contribution in [0.4, 0.5) is 0 Å². The van der Waals surface area contributed by atoms with Crippen molar-refractivity contribution in [1.29, 1.82) is 0 Å². The van der Waals surface area contributed by atoms with Crippen LogP contribution in [0.15, 0.2) is 48.5 Å².